The lowest BCUT2D eigenvalue weighted by Crippen LogP contribution is -2.45. The summed E-state index contributed by atoms with van der Waals surface area (Å²) in [6.07, 6.45) is 6.01. The number of aromatic nitrogens is 2. The molecule has 50 heavy (non-hydrogen) atoms. The molecule has 4 rings (SSSR count). The maximum atomic E-state index is 14.0. The van der Waals surface area contributed by atoms with Gasteiger partial charge in [-0.15, -0.1) is 13.2 Å². The average molecular weight is 690 g/mol. The minimum atomic E-state index is -1.06. The number of hydrogen-bond donors (Lipinski definition) is 1. The van der Waals surface area contributed by atoms with Crippen molar-refractivity contribution in [2.75, 3.05) is 38.3 Å². The molecule has 1 aliphatic heterocycles. The molecule has 1 aliphatic rings. The van der Waals surface area contributed by atoms with Gasteiger partial charge in [-0.1, -0.05) is 18.2 Å². The fourth-order valence-electron chi connectivity index (χ4n) is 5.95. The van der Waals surface area contributed by atoms with E-state index in [4.69, 9.17) is 18.9 Å². The van der Waals surface area contributed by atoms with Gasteiger partial charge in [-0.05, 0) is 77.1 Å². The summed E-state index contributed by atoms with van der Waals surface area (Å²) in [6, 6.07) is 7.05. The Morgan fingerprint density at radius 1 is 1.20 bits per heavy atom. The number of rotatable bonds is 15. The highest BCUT2D eigenvalue weighted by Gasteiger charge is 2.37. The molecule has 1 N–H and O–H groups in total. The van der Waals surface area contributed by atoms with Gasteiger partial charge in [0.05, 0.1) is 37.6 Å². The number of nitrogens with zero attached hydrogens (tertiary/aromatic N) is 4. The van der Waals surface area contributed by atoms with Crippen LogP contribution in [0.15, 0.2) is 55.8 Å². The molecule has 2 atom stereocenters. The second kappa shape index (κ2) is 16.3. The lowest BCUT2D eigenvalue weighted by atomic mass is 9.92. The van der Waals surface area contributed by atoms with Gasteiger partial charge < -0.3 is 29.2 Å². The molecular formula is C38H48FN5O6. The number of anilines is 1. The van der Waals surface area contributed by atoms with E-state index in [2.05, 4.69) is 41.4 Å². The number of nitriles is 1. The summed E-state index contributed by atoms with van der Waals surface area (Å²) < 4.78 is 39.2. The first kappa shape index (κ1) is 38.1. The summed E-state index contributed by atoms with van der Waals surface area (Å²) in [5.41, 5.74) is 1.42. The first-order chi connectivity index (χ1) is 23.7. The van der Waals surface area contributed by atoms with Crippen molar-refractivity contribution >= 4 is 23.3 Å². The zero-order valence-electron chi connectivity index (χ0n) is 29.9. The average Bonchev–Trinajstić information content (AvgIpc) is 3.50. The highest BCUT2D eigenvalue weighted by atomic mass is 19.1. The molecule has 0 saturated carbocycles. The molecule has 268 valence electrons. The van der Waals surface area contributed by atoms with Crippen LogP contribution in [0, 0.1) is 24.1 Å². The van der Waals surface area contributed by atoms with Crippen LogP contribution in [0.2, 0.25) is 0 Å². The Labute approximate surface area is 293 Å². The van der Waals surface area contributed by atoms with Crippen LogP contribution in [0.3, 0.4) is 0 Å². The number of amides is 1. The number of ether oxygens (including phenoxy) is 4. The van der Waals surface area contributed by atoms with Crippen LogP contribution in [0.25, 0.3) is 5.65 Å². The molecule has 0 aliphatic carbocycles. The highest BCUT2D eigenvalue weighted by molar-refractivity contribution is 5.93. The molecule has 1 unspecified atom stereocenters. The van der Waals surface area contributed by atoms with Crippen molar-refractivity contribution in [2.45, 2.75) is 83.6 Å². The molecule has 1 saturated heterocycles. The molecule has 11 nitrogen and oxygen atoms in total. The van der Waals surface area contributed by atoms with Gasteiger partial charge in [0.25, 0.3) is 5.91 Å². The first-order valence-corrected chi connectivity index (χ1v) is 16.7. The topological polar surface area (TPSA) is 127 Å². The van der Waals surface area contributed by atoms with Crippen LogP contribution in [-0.2, 0) is 25.4 Å². The number of imidazole rings is 1. The maximum absolute atomic E-state index is 14.0. The van der Waals surface area contributed by atoms with Gasteiger partial charge in [-0.3, -0.25) is 9.20 Å². The second-order valence-electron chi connectivity index (χ2n) is 13.6. The van der Waals surface area contributed by atoms with Crippen molar-refractivity contribution in [3.8, 4) is 11.8 Å². The molecule has 0 bridgehead atoms. The van der Waals surface area contributed by atoms with Crippen molar-refractivity contribution < 1.29 is 32.9 Å². The summed E-state index contributed by atoms with van der Waals surface area (Å²) in [5, 5.41) is 12.8. The maximum Gasteiger partial charge on any atom is 0.339 e. The smallest absolute Gasteiger partial charge is 0.339 e. The molecule has 0 radical (unpaired) electrons. The molecular weight excluding hydrogens is 641 g/mol. The molecule has 1 aromatic carbocycles. The number of fused-ring (bicyclic) bond motifs is 1. The van der Waals surface area contributed by atoms with E-state index < -0.39 is 35.4 Å². The van der Waals surface area contributed by atoms with Gasteiger partial charge in [0.2, 0.25) is 0 Å². The third-order valence-electron chi connectivity index (χ3n) is 8.52. The fourth-order valence-corrected chi connectivity index (χ4v) is 5.95. The molecule has 0 spiro atoms. The number of aryl methyl sites for hydroxylation is 1. The zero-order valence-corrected chi connectivity index (χ0v) is 29.9. The fraction of sp³-hybridized carbons (Fsp3) is 0.474. The van der Waals surface area contributed by atoms with Crippen LogP contribution >= 0.6 is 0 Å². The van der Waals surface area contributed by atoms with Crippen molar-refractivity contribution in [2.24, 2.45) is 0 Å². The van der Waals surface area contributed by atoms with E-state index >= 15 is 0 Å². The third-order valence-corrected chi connectivity index (χ3v) is 8.52. The number of piperidine rings is 1. The Bertz CT molecular complexity index is 1750. The van der Waals surface area contributed by atoms with Crippen LogP contribution in [-0.4, -0.2) is 71.9 Å². The van der Waals surface area contributed by atoms with Crippen molar-refractivity contribution in [1.29, 1.82) is 5.26 Å². The van der Waals surface area contributed by atoms with E-state index in [1.54, 1.807) is 34.9 Å². The Morgan fingerprint density at radius 3 is 2.54 bits per heavy atom. The number of carbonyl (C=O) groups is 2. The Kier molecular flexibility index (Phi) is 12.4. The van der Waals surface area contributed by atoms with E-state index in [0.29, 0.717) is 73.9 Å². The number of methoxy groups -OCH3 is 1. The van der Waals surface area contributed by atoms with E-state index in [1.165, 1.54) is 19.2 Å². The minimum Gasteiger partial charge on any atom is -0.493 e. The van der Waals surface area contributed by atoms with Gasteiger partial charge in [-0.2, -0.15) is 5.26 Å². The third kappa shape index (κ3) is 9.28. The van der Waals surface area contributed by atoms with Gasteiger partial charge in [0.15, 0.2) is 6.10 Å². The molecule has 3 aromatic rings. The van der Waals surface area contributed by atoms with E-state index in [1.807, 2.05) is 27.7 Å². The van der Waals surface area contributed by atoms with E-state index in [0.717, 1.165) is 5.56 Å². The number of benzene rings is 1. The standard InChI is InChI=1S/C38H48FN5O6/c1-9-11-19-48-30-22-27(39)13-12-26(30)21-28(23-40)41-34(45)29-24-44-31(42-29)20-25(3)32(33(36(46)47-8)50-37(4,5)6)35(44)43-16-14-38(7,15-17-43)49-18-10-2/h9-10,12-13,20,22,24,28,33H,1-2,11,14-19,21H2,3-8H3,(H,41,45)/t28?,33-/m0/s1. The van der Waals surface area contributed by atoms with Gasteiger partial charge in [-0.25, -0.2) is 14.2 Å². The summed E-state index contributed by atoms with van der Waals surface area (Å²) in [5.74, 6) is -0.641. The van der Waals surface area contributed by atoms with Crippen molar-refractivity contribution in [1.82, 2.24) is 14.7 Å². The van der Waals surface area contributed by atoms with Crippen LogP contribution in [0.1, 0.15) is 80.2 Å². The summed E-state index contributed by atoms with van der Waals surface area (Å²) >= 11 is 0. The number of nitrogens with one attached hydrogen (secondary N) is 1. The zero-order chi connectivity index (χ0) is 36.6. The van der Waals surface area contributed by atoms with Gasteiger partial charge in [0.1, 0.15) is 34.8 Å². The molecule has 12 heteroatoms. The molecule has 1 amide bonds. The summed E-state index contributed by atoms with van der Waals surface area (Å²) in [6.45, 7) is 18.9. The molecule has 1 fully saturated rings. The van der Waals surface area contributed by atoms with E-state index in [9.17, 15) is 19.2 Å². The summed E-state index contributed by atoms with van der Waals surface area (Å²) in [7, 11) is 1.33. The van der Waals surface area contributed by atoms with Gasteiger partial charge >= 0.3 is 5.97 Å². The molecule has 2 aromatic heterocycles. The van der Waals surface area contributed by atoms with Crippen molar-refractivity contribution in [3.05, 3.63) is 84.0 Å². The number of hydrogen-bond acceptors (Lipinski definition) is 9. The van der Waals surface area contributed by atoms with Crippen LogP contribution in [0.4, 0.5) is 10.2 Å². The Hall–Kier alpha value is -4.73. The summed E-state index contributed by atoms with van der Waals surface area (Å²) in [4.78, 5) is 33.8. The number of halogens is 1. The molecule has 3 heterocycles. The quantitative estimate of drug-likeness (QED) is 0.113. The monoisotopic (exact) mass is 689 g/mol. The van der Waals surface area contributed by atoms with E-state index in [-0.39, 0.29) is 17.7 Å². The largest absolute Gasteiger partial charge is 0.493 e. The van der Waals surface area contributed by atoms with Gasteiger partial charge in [0, 0.05) is 37.3 Å². The van der Waals surface area contributed by atoms with Crippen LogP contribution in [0.5, 0.6) is 5.75 Å². The number of pyridine rings is 1. The number of esters is 1. The number of carbonyl (C=O) groups excluding carboxylic acids is 2. The Morgan fingerprint density at radius 2 is 1.92 bits per heavy atom. The normalized spacial score (nSPS) is 15.5. The SMILES string of the molecule is C=CCCOc1cc(F)ccc1CC(C#N)NC(=O)c1cn2c(N3CCC(C)(OCC=C)CC3)c([C@H](OC(C)(C)C)C(=O)OC)c(C)cc2n1. The minimum absolute atomic E-state index is 0.0761. The lowest BCUT2D eigenvalue weighted by molar-refractivity contribution is -0.164. The van der Waals surface area contributed by atoms with Crippen molar-refractivity contribution in [3.63, 3.8) is 0 Å². The predicted octanol–water partition coefficient (Wildman–Crippen LogP) is 6.19. The Balaban J connectivity index is 1.73. The predicted molar refractivity (Wildman–Crippen MR) is 189 cm³/mol. The highest BCUT2D eigenvalue weighted by Crippen LogP contribution is 2.39. The first-order valence-electron chi connectivity index (χ1n) is 16.7. The van der Waals surface area contributed by atoms with Crippen LogP contribution < -0.4 is 15.0 Å². The lowest BCUT2D eigenvalue weighted by Gasteiger charge is -2.41. The second-order valence-corrected chi connectivity index (χ2v) is 13.6.